The van der Waals surface area contributed by atoms with Gasteiger partial charge in [0.05, 0.1) is 30.6 Å². The van der Waals surface area contributed by atoms with Gasteiger partial charge in [-0.15, -0.1) is 0 Å². The zero-order chi connectivity index (χ0) is 19.4. The third-order valence-corrected chi connectivity index (χ3v) is 4.31. The molecule has 0 saturated carbocycles. The summed E-state index contributed by atoms with van der Waals surface area (Å²) < 4.78 is 7.69. The van der Waals surface area contributed by atoms with Crippen LogP contribution >= 0.6 is 0 Å². The summed E-state index contributed by atoms with van der Waals surface area (Å²) in [6, 6.07) is 13.4. The predicted octanol–water partition coefficient (Wildman–Crippen LogP) is 0.977. The quantitative estimate of drug-likeness (QED) is 0.498. The summed E-state index contributed by atoms with van der Waals surface area (Å²) in [6.45, 7) is 0.640. The summed E-state index contributed by atoms with van der Waals surface area (Å²) in [4.78, 5) is 37.0. The van der Waals surface area contributed by atoms with Crippen molar-refractivity contribution in [3.8, 4) is 0 Å². The van der Waals surface area contributed by atoms with Crippen molar-refractivity contribution in [3.05, 3.63) is 80.5 Å². The molecular formula is C19H19N3O5. The largest absolute Gasteiger partial charge is 0.383 e. The van der Waals surface area contributed by atoms with Crippen molar-refractivity contribution in [2.24, 2.45) is 0 Å². The number of hydrogen-bond acceptors (Lipinski definition) is 5. The Labute approximate surface area is 154 Å². The minimum atomic E-state index is -0.614. The van der Waals surface area contributed by atoms with E-state index in [0.29, 0.717) is 16.5 Å². The number of benzene rings is 2. The molecule has 27 heavy (non-hydrogen) atoms. The van der Waals surface area contributed by atoms with Gasteiger partial charge in [-0.2, -0.15) is 0 Å². The molecule has 0 radical (unpaired) electrons. The Kier molecular flexibility index (Phi) is 5.49. The lowest BCUT2D eigenvalue weighted by Crippen LogP contribution is -2.41. The molecule has 0 atom stereocenters. The fraction of sp³-hybridized carbons (Fsp3) is 0.211. The first-order valence-electron chi connectivity index (χ1n) is 8.31. The van der Waals surface area contributed by atoms with E-state index in [1.54, 1.807) is 54.0 Å². The van der Waals surface area contributed by atoms with Gasteiger partial charge in [0.15, 0.2) is 0 Å². The van der Waals surface area contributed by atoms with Crippen LogP contribution in [-0.4, -0.2) is 34.0 Å². The number of methoxy groups -OCH3 is 1. The molecule has 3 rings (SSSR count). The number of carbonyl (C=O) groups excluding carboxylic acids is 1. The Morgan fingerprint density at radius 2 is 1.78 bits per heavy atom. The average molecular weight is 369 g/mol. The van der Waals surface area contributed by atoms with Crippen molar-refractivity contribution >= 4 is 16.8 Å². The van der Waals surface area contributed by atoms with Crippen LogP contribution in [0, 0.1) is 0 Å². The number of nitrogens with zero attached hydrogens (tertiary/aromatic N) is 2. The predicted molar refractivity (Wildman–Crippen MR) is 99.1 cm³/mol. The first-order valence-corrected chi connectivity index (χ1v) is 8.31. The summed E-state index contributed by atoms with van der Waals surface area (Å²) in [5.41, 5.74) is 2.41. The number of amides is 1. The maximum absolute atomic E-state index is 12.9. The number of nitrogens with one attached hydrogen (secondary N) is 1. The van der Waals surface area contributed by atoms with Gasteiger partial charge in [-0.25, -0.2) is 10.3 Å². The highest BCUT2D eigenvalue weighted by Gasteiger charge is 2.13. The van der Waals surface area contributed by atoms with Crippen molar-refractivity contribution in [3.63, 3.8) is 0 Å². The molecule has 2 N–H and O–H groups in total. The number of hydrogen-bond donors (Lipinski definition) is 2. The second-order valence-electron chi connectivity index (χ2n) is 5.97. The maximum atomic E-state index is 12.9. The fourth-order valence-corrected chi connectivity index (χ4v) is 2.91. The third kappa shape index (κ3) is 3.67. The summed E-state index contributed by atoms with van der Waals surface area (Å²) in [6.07, 6.45) is 0. The monoisotopic (exact) mass is 369 g/mol. The van der Waals surface area contributed by atoms with Crippen LogP contribution in [0.3, 0.4) is 0 Å². The Balaban J connectivity index is 2.09. The van der Waals surface area contributed by atoms with Gasteiger partial charge < -0.3 is 4.74 Å². The van der Waals surface area contributed by atoms with Crippen LogP contribution in [0.2, 0.25) is 0 Å². The van der Waals surface area contributed by atoms with E-state index < -0.39 is 11.6 Å². The highest BCUT2D eigenvalue weighted by atomic mass is 16.5. The molecular weight excluding hydrogens is 350 g/mol. The molecule has 140 valence electrons. The second-order valence-corrected chi connectivity index (χ2v) is 5.97. The zero-order valence-corrected chi connectivity index (χ0v) is 14.7. The van der Waals surface area contributed by atoms with E-state index in [2.05, 4.69) is 0 Å². The molecule has 0 aliphatic rings. The molecule has 0 fully saturated rings. The molecule has 3 aromatic rings. The van der Waals surface area contributed by atoms with Gasteiger partial charge in [-0.3, -0.25) is 23.9 Å². The van der Waals surface area contributed by atoms with E-state index in [4.69, 9.17) is 9.94 Å². The lowest BCUT2D eigenvalue weighted by molar-refractivity contribution is 0.0706. The number of aromatic nitrogens is 2. The molecule has 1 heterocycles. The van der Waals surface area contributed by atoms with E-state index in [1.165, 1.54) is 16.2 Å². The average Bonchev–Trinajstić information content (AvgIpc) is 2.71. The van der Waals surface area contributed by atoms with Crippen LogP contribution in [0.5, 0.6) is 0 Å². The van der Waals surface area contributed by atoms with E-state index in [0.717, 1.165) is 5.56 Å². The van der Waals surface area contributed by atoms with Crippen molar-refractivity contribution in [2.75, 3.05) is 13.7 Å². The second kappa shape index (κ2) is 7.98. The number of rotatable bonds is 6. The first kappa shape index (κ1) is 18.6. The van der Waals surface area contributed by atoms with Gasteiger partial charge in [0.1, 0.15) is 0 Å². The molecule has 0 aliphatic carbocycles. The minimum Gasteiger partial charge on any atom is -0.383 e. The molecule has 8 nitrogen and oxygen atoms in total. The summed E-state index contributed by atoms with van der Waals surface area (Å²) in [5, 5.41) is 9.14. The van der Waals surface area contributed by atoms with Crippen LogP contribution in [0.1, 0.15) is 15.9 Å². The Bertz CT molecular complexity index is 1080. The first-order chi connectivity index (χ1) is 13.1. The van der Waals surface area contributed by atoms with Gasteiger partial charge >= 0.3 is 5.69 Å². The molecule has 8 heteroatoms. The standard InChI is InChI=1S/C19H19N3O5/c1-27-11-10-21-18(24)15-4-2-3-5-16(15)22(19(21)25)12-13-6-8-14(9-7-13)17(23)20-26/h2-9,26H,10-12H2,1H3,(H,20,23). The molecule has 0 unspecified atom stereocenters. The number of fused-ring (bicyclic) bond motifs is 1. The van der Waals surface area contributed by atoms with Crippen LogP contribution < -0.4 is 16.7 Å². The van der Waals surface area contributed by atoms with E-state index in [9.17, 15) is 14.4 Å². The summed E-state index contributed by atoms with van der Waals surface area (Å²) in [7, 11) is 1.51. The molecule has 0 saturated heterocycles. The van der Waals surface area contributed by atoms with E-state index in [-0.39, 0.29) is 25.3 Å². The number of para-hydroxylation sites is 1. The van der Waals surface area contributed by atoms with Gasteiger partial charge in [0.25, 0.3) is 11.5 Å². The fourth-order valence-electron chi connectivity index (χ4n) is 2.91. The minimum absolute atomic E-state index is 0.161. The topological polar surface area (TPSA) is 103 Å². The summed E-state index contributed by atoms with van der Waals surface area (Å²) >= 11 is 0. The smallest absolute Gasteiger partial charge is 0.331 e. The van der Waals surface area contributed by atoms with Gasteiger partial charge in [-0.1, -0.05) is 24.3 Å². The summed E-state index contributed by atoms with van der Waals surface area (Å²) in [5.74, 6) is -0.614. The third-order valence-electron chi connectivity index (χ3n) is 4.31. The molecule has 2 aromatic carbocycles. The van der Waals surface area contributed by atoms with Crippen molar-refractivity contribution in [1.29, 1.82) is 0 Å². The highest BCUT2D eigenvalue weighted by Crippen LogP contribution is 2.11. The van der Waals surface area contributed by atoms with E-state index >= 15 is 0 Å². The van der Waals surface area contributed by atoms with Crippen molar-refractivity contribution in [2.45, 2.75) is 13.1 Å². The SMILES string of the molecule is COCCn1c(=O)c2ccccc2n(Cc2ccc(C(=O)NO)cc2)c1=O. The van der Waals surface area contributed by atoms with Gasteiger partial charge in [-0.05, 0) is 29.8 Å². The van der Waals surface area contributed by atoms with Gasteiger partial charge in [0.2, 0.25) is 0 Å². The molecule has 0 aliphatic heterocycles. The van der Waals surface area contributed by atoms with Crippen LogP contribution in [0.4, 0.5) is 0 Å². The Morgan fingerprint density at radius 1 is 1.07 bits per heavy atom. The zero-order valence-electron chi connectivity index (χ0n) is 14.7. The molecule has 0 bridgehead atoms. The number of carbonyl (C=O) groups is 1. The molecule has 1 aromatic heterocycles. The highest BCUT2D eigenvalue weighted by molar-refractivity contribution is 5.93. The van der Waals surface area contributed by atoms with Gasteiger partial charge in [0, 0.05) is 12.7 Å². The molecule has 0 spiro atoms. The molecule has 1 amide bonds. The maximum Gasteiger partial charge on any atom is 0.331 e. The van der Waals surface area contributed by atoms with Crippen LogP contribution in [-0.2, 0) is 17.8 Å². The Hall–Kier alpha value is -3.23. The number of hydroxylamine groups is 1. The van der Waals surface area contributed by atoms with Crippen molar-refractivity contribution < 1.29 is 14.7 Å². The van der Waals surface area contributed by atoms with Crippen molar-refractivity contribution in [1.82, 2.24) is 14.6 Å². The lowest BCUT2D eigenvalue weighted by atomic mass is 10.1. The Morgan fingerprint density at radius 3 is 2.44 bits per heavy atom. The van der Waals surface area contributed by atoms with Crippen LogP contribution in [0.25, 0.3) is 10.9 Å². The normalized spacial score (nSPS) is 10.9. The lowest BCUT2D eigenvalue weighted by Gasteiger charge is -2.14. The van der Waals surface area contributed by atoms with E-state index in [1.807, 2.05) is 0 Å². The van der Waals surface area contributed by atoms with Crippen LogP contribution in [0.15, 0.2) is 58.1 Å². The number of ether oxygens (including phenoxy) is 1.